The lowest BCUT2D eigenvalue weighted by Crippen LogP contribution is -2.15. The van der Waals surface area contributed by atoms with E-state index in [1.807, 2.05) is 26.0 Å². The van der Waals surface area contributed by atoms with Gasteiger partial charge in [-0.2, -0.15) is 13.2 Å². The van der Waals surface area contributed by atoms with Gasteiger partial charge in [-0.25, -0.2) is 0 Å². The molecule has 0 saturated heterocycles. The van der Waals surface area contributed by atoms with Crippen LogP contribution in [0.25, 0.3) is 5.65 Å². The minimum absolute atomic E-state index is 0.0397. The fraction of sp³-hybridized carbons (Fsp3) is 0.235. The molecule has 3 rings (SSSR count). The summed E-state index contributed by atoms with van der Waals surface area (Å²) in [4.78, 5) is 12.2. The average Bonchev–Trinajstić information content (AvgIpc) is 2.98. The number of nitrogens with zero attached hydrogens (tertiary/aromatic N) is 3. The molecule has 142 valence electrons. The smallest absolute Gasteiger partial charge is 0.325 e. The van der Waals surface area contributed by atoms with E-state index in [1.54, 1.807) is 6.07 Å². The summed E-state index contributed by atoms with van der Waals surface area (Å²) in [5.41, 5.74) is 1.86. The highest BCUT2D eigenvalue weighted by atomic mass is 35.5. The van der Waals surface area contributed by atoms with E-state index in [4.69, 9.17) is 11.6 Å². The monoisotopic (exact) mass is 414 g/mol. The topological polar surface area (TPSA) is 59.3 Å². The van der Waals surface area contributed by atoms with Crippen LogP contribution in [0.4, 0.5) is 18.9 Å². The lowest BCUT2D eigenvalue weighted by atomic mass is 10.1. The number of aryl methyl sites for hydroxylation is 2. The Morgan fingerprint density at radius 2 is 2.00 bits per heavy atom. The summed E-state index contributed by atoms with van der Waals surface area (Å²) in [6, 6.07) is 6.42. The van der Waals surface area contributed by atoms with Crippen LogP contribution in [0.1, 0.15) is 16.7 Å². The number of anilines is 1. The van der Waals surface area contributed by atoms with E-state index in [0.717, 1.165) is 39.6 Å². The van der Waals surface area contributed by atoms with Gasteiger partial charge >= 0.3 is 6.18 Å². The molecular weight excluding hydrogens is 401 g/mol. The van der Waals surface area contributed by atoms with Crippen LogP contribution in [-0.4, -0.2) is 26.3 Å². The Morgan fingerprint density at radius 3 is 2.67 bits per heavy atom. The number of fused-ring (bicyclic) bond motifs is 1. The molecule has 1 N–H and O–H groups in total. The number of rotatable bonds is 4. The quantitative estimate of drug-likeness (QED) is 0.626. The zero-order valence-electron chi connectivity index (χ0n) is 14.3. The highest BCUT2D eigenvalue weighted by molar-refractivity contribution is 7.99. The first-order valence-corrected chi connectivity index (χ1v) is 9.13. The Balaban J connectivity index is 1.76. The van der Waals surface area contributed by atoms with Crippen LogP contribution < -0.4 is 5.32 Å². The fourth-order valence-corrected chi connectivity index (χ4v) is 3.41. The second-order valence-electron chi connectivity index (χ2n) is 5.91. The Bertz CT molecular complexity index is 1020. The molecule has 0 radical (unpaired) electrons. The molecule has 0 unspecified atom stereocenters. The molecule has 0 bridgehead atoms. The molecule has 10 heteroatoms. The molecule has 0 aliphatic carbocycles. The van der Waals surface area contributed by atoms with Crippen molar-refractivity contribution < 1.29 is 18.0 Å². The van der Waals surface area contributed by atoms with E-state index in [-0.39, 0.29) is 27.5 Å². The van der Waals surface area contributed by atoms with Gasteiger partial charge in [-0.1, -0.05) is 41.1 Å². The number of carbonyl (C=O) groups is 1. The number of carbonyl (C=O) groups excluding carboxylic acids is 1. The van der Waals surface area contributed by atoms with Gasteiger partial charge in [0.2, 0.25) is 5.91 Å². The van der Waals surface area contributed by atoms with Crippen molar-refractivity contribution in [2.45, 2.75) is 25.2 Å². The third-order valence-electron chi connectivity index (χ3n) is 3.74. The molecule has 0 aliphatic heterocycles. The van der Waals surface area contributed by atoms with Crippen molar-refractivity contribution in [1.29, 1.82) is 0 Å². The van der Waals surface area contributed by atoms with Crippen molar-refractivity contribution >= 4 is 40.6 Å². The van der Waals surface area contributed by atoms with E-state index in [1.165, 1.54) is 0 Å². The Kier molecular flexibility index (Phi) is 5.34. The lowest BCUT2D eigenvalue weighted by Gasteiger charge is -2.10. The van der Waals surface area contributed by atoms with Crippen LogP contribution in [0.5, 0.6) is 0 Å². The normalized spacial score (nSPS) is 11.8. The van der Waals surface area contributed by atoms with Crippen LogP contribution in [0.2, 0.25) is 5.02 Å². The fourth-order valence-electron chi connectivity index (χ4n) is 2.46. The van der Waals surface area contributed by atoms with E-state index in [9.17, 15) is 18.0 Å². The number of pyridine rings is 1. The van der Waals surface area contributed by atoms with Crippen LogP contribution in [0, 0.1) is 13.8 Å². The second-order valence-corrected chi connectivity index (χ2v) is 7.26. The molecule has 2 heterocycles. The van der Waals surface area contributed by atoms with Crippen molar-refractivity contribution in [3.05, 3.63) is 52.2 Å². The Hall–Kier alpha value is -2.26. The first-order chi connectivity index (χ1) is 12.6. The molecule has 5 nitrogen and oxygen atoms in total. The number of benzene rings is 1. The van der Waals surface area contributed by atoms with E-state index < -0.39 is 11.7 Å². The average molecular weight is 415 g/mol. The third-order valence-corrected chi connectivity index (χ3v) is 4.97. The van der Waals surface area contributed by atoms with Crippen molar-refractivity contribution in [2.75, 3.05) is 11.1 Å². The van der Waals surface area contributed by atoms with Crippen molar-refractivity contribution in [2.24, 2.45) is 0 Å². The second kappa shape index (κ2) is 7.40. The van der Waals surface area contributed by atoms with Gasteiger partial charge in [0.05, 0.1) is 16.3 Å². The molecule has 0 aliphatic rings. The van der Waals surface area contributed by atoms with Crippen molar-refractivity contribution in [1.82, 2.24) is 14.6 Å². The molecule has 2 aromatic heterocycles. The largest absolute Gasteiger partial charge is 0.417 e. The predicted octanol–water partition coefficient (Wildman–Crippen LogP) is 4.75. The predicted molar refractivity (Wildman–Crippen MR) is 98.3 cm³/mol. The summed E-state index contributed by atoms with van der Waals surface area (Å²) >= 11 is 6.84. The molecule has 0 spiro atoms. The maximum atomic E-state index is 13.0. The minimum atomic E-state index is -4.55. The van der Waals surface area contributed by atoms with E-state index in [0.29, 0.717) is 5.69 Å². The summed E-state index contributed by atoms with van der Waals surface area (Å²) in [5.74, 6) is -0.344. The number of aromatic nitrogens is 3. The molecule has 0 fully saturated rings. The number of hydrogen-bond donors (Lipinski definition) is 1. The van der Waals surface area contributed by atoms with Gasteiger partial charge in [-0.3, -0.25) is 9.20 Å². The van der Waals surface area contributed by atoms with Gasteiger partial charge in [0.15, 0.2) is 10.8 Å². The number of halogens is 4. The minimum Gasteiger partial charge on any atom is -0.325 e. The lowest BCUT2D eigenvalue weighted by molar-refractivity contribution is -0.137. The Labute approximate surface area is 161 Å². The van der Waals surface area contributed by atoms with Gasteiger partial charge < -0.3 is 5.32 Å². The van der Waals surface area contributed by atoms with Crippen molar-refractivity contribution in [3.8, 4) is 0 Å². The number of amides is 1. The third kappa shape index (κ3) is 4.36. The first kappa shape index (κ1) is 19.5. The van der Waals surface area contributed by atoms with E-state index >= 15 is 0 Å². The SMILES string of the molecule is Cc1ccc(NC(=O)CSc2nnc3c(Cl)cc(C(F)(F)F)cn23)c(C)c1. The standard InChI is InChI=1S/C17H14ClF3N4OS/c1-9-3-4-13(10(2)5-9)22-14(26)8-27-16-24-23-15-12(18)6-11(7-25(15)16)17(19,20)21/h3-7H,8H2,1-2H3,(H,22,26). The summed E-state index contributed by atoms with van der Waals surface area (Å²) in [5, 5.41) is 10.4. The van der Waals surface area contributed by atoms with Crippen LogP contribution in [0.15, 0.2) is 35.6 Å². The molecule has 0 saturated carbocycles. The zero-order valence-corrected chi connectivity index (χ0v) is 15.8. The molecule has 0 atom stereocenters. The summed E-state index contributed by atoms with van der Waals surface area (Å²) in [6.45, 7) is 3.83. The summed E-state index contributed by atoms with van der Waals surface area (Å²) in [7, 11) is 0. The molecule has 3 aromatic rings. The Morgan fingerprint density at radius 1 is 1.26 bits per heavy atom. The van der Waals surface area contributed by atoms with Gasteiger partial charge in [0.1, 0.15) is 0 Å². The van der Waals surface area contributed by atoms with Gasteiger partial charge in [-0.05, 0) is 31.5 Å². The maximum Gasteiger partial charge on any atom is 0.417 e. The molecular formula is C17H14ClF3N4OS. The maximum absolute atomic E-state index is 13.0. The van der Waals surface area contributed by atoms with Crippen LogP contribution in [0.3, 0.4) is 0 Å². The van der Waals surface area contributed by atoms with Gasteiger partial charge in [-0.15, -0.1) is 10.2 Å². The highest BCUT2D eigenvalue weighted by Crippen LogP contribution is 2.33. The number of thioether (sulfide) groups is 1. The number of nitrogens with one attached hydrogen (secondary N) is 1. The zero-order chi connectivity index (χ0) is 19.8. The summed E-state index contributed by atoms with van der Waals surface area (Å²) in [6.07, 6.45) is -3.68. The number of hydrogen-bond acceptors (Lipinski definition) is 4. The van der Waals surface area contributed by atoms with Crippen LogP contribution >= 0.6 is 23.4 Å². The van der Waals surface area contributed by atoms with Crippen LogP contribution in [-0.2, 0) is 11.0 Å². The molecule has 1 amide bonds. The van der Waals surface area contributed by atoms with Gasteiger partial charge in [0, 0.05) is 11.9 Å². The number of alkyl halides is 3. The van der Waals surface area contributed by atoms with E-state index in [2.05, 4.69) is 15.5 Å². The highest BCUT2D eigenvalue weighted by Gasteiger charge is 2.32. The van der Waals surface area contributed by atoms with Gasteiger partial charge in [0.25, 0.3) is 0 Å². The molecule has 1 aromatic carbocycles. The first-order valence-electron chi connectivity index (χ1n) is 7.76. The molecule has 27 heavy (non-hydrogen) atoms. The van der Waals surface area contributed by atoms with Crippen molar-refractivity contribution in [3.63, 3.8) is 0 Å². The summed E-state index contributed by atoms with van der Waals surface area (Å²) < 4.78 is 40.1.